The van der Waals surface area contributed by atoms with Gasteiger partial charge in [0.15, 0.2) is 0 Å². The van der Waals surface area contributed by atoms with Crippen LogP contribution in [0.1, 0.15) is 19.4 Å². The van der Waals surface area contributed by atoms with Crippen molar-refractivity contribution in [3.63, 3.8) is 0 Å². The van der Waals surface area contributed by atoms with Gasteiger partial charge < -0.3 is 5.73 Å². The van der Waals surface area contributed by atoms with Gasteiger partial charge in [0.2, 0.25) is 0 Å². The Kier molecular flexibility index (Phi) is 2.87. The van der Waals surface area contributed by atoms with Crippen molar-refractivity contribution in [1.82, 2.24) is 9.78 Å². The molecule has 0 amide bonds. The number of hydrogen-bond donors (Lipinski definition) is 1. The van der Waals surface area contributed by atoms with Crippen molar-refractivity contribution in [1.29, 1.82) is 0 Å². The number of aromatic nitrogens is 2. The van der Waals surface area contributed by atoms with E-state index in [4.69, 9.17) is 5.73 Å². The zero-order valence-corrected chi connectivity index (χ0v) is 12.1. The number of benzene rings is 2. The highest BCUT2D eigenvalue weighted by atomic mass is 15.2. The first-order chi connectivity index (χ1) is 9.45. The number of nitrogens with two attached hydrogens (primary N) is 1. The van der Waals surface area contributed by atoms with Crippen LogP contribution >= 0.6 is 0 Å². The molecule has 3 heteroatoms. The van der Waals surface area contributed by atoms with Crippen molar-refractivity contribution in [3.8, 4) is 11.1 Å². The van der Waals surface area contributed by atoms with E-state index in [0.29, 0.717) is 0 Å². The third kappa shape index (κ3) is 2.21. The van der Waals surface area contributed by atoms with Gasteiger partial charge in [0.25, 0.3) is 0 Å². The molecule has 0 radical (unpaired) electrons. The van der Waals surface area contributed by atoms with Crippen LogP contribution in [0.5, 0.6) is 0 Å². The lowest BCUT2D eigenvalue weighted by molar-refractivity contribution is 0.554. The van der Waals surface area contributed by atoms with E-state index < -0.39 is 0 Å². The topological polar surface area (TPSA) is 43.8 Å². The van der Waals surface area contributed by atoms with Crippen LogP contribution in [0.25, 0.3) is 22.0 Å². The highest BCUT2D eigenvalue weighted by molar-refractivity contribution is 5.84. The van der Waals surface area contributed by atoms with Gasteiger partial charge in [-0.05, 0) is 42.7 Å². The maximum atomic E-state index is 6.11. The average Bonchev–Trinajstić information content (AvgIpc) is 2.79. The second-order valence-electron chi connectivity index (χ2n) is 5.84. The Labute approximate surface area is 119 Å². The molecule has 0 fully saturated rings. The third-order valence-corrected chi connectivity index (χ3v) is 3.71. The minimum Gasteiger partial charge on any atom is -0.322 e. The van der Waals surface area contributed by atoms with Crippen LogP contribution in [0.3, 0.4) is 0 Å². The fraction of sp³-hybridized carbons (Fsp3) is 0.235. The van der Waals surface area contributed by atoms with E-state index >= 15 is 0 Å². The molecular weight excluding hydrogens is 246 g/mol. The van der Waals surface area contributed by atoms with Gasteiger partial charge in [-0.2, -0.15) is 5.10 Å². The summed E-state index contributed by atoms with van der Waals surface area (Å²) in [5.41, 5.74) is 10.5. The first-order valence-electron chi connectivity index (χ1n) is 6.77. The normalized spacial score (nSPS) is 12.0. The monoisotopic (exact) mass is 265 g/mol. The summed E-state index contributed by atoms with van der Waals surface area (Å²) in [5.74, 6) is 0. The standard InChI is InChI=1S/C17H19N3/c1-17(2,18)15-7-4-12(5-8-15)13-6-9-16-14(10-13)11-19-20(16)3/h4-11H,18H2,1-3H3. The van der Waals surface area contributed by atoms with E-state index in [9.17, 15) is 0 Å². The maximum Gasteiger partial charge on any atom is 0.0679 e. The Balaban J connectivity index is 2.02. The van der Waals surface area contributed by atoms with Gasteiger partial charge in [-0.3, -0.25) is 4.68 Å². The summed E-state index contributed by atoms with van der Waals surface area (Å²) in [7, 11) is 1.96. The summed E-state index contributed by atoms with van der Waals surface area (Å²) in [6.45, 7) is 4.04. The van der Waals surface area contributed by atoms with Crippen molar-refractivity contribution < 1.29 is 0 Å². The van der Waals surface area contributed by atoms with E-state index in [-0.39, 0.29) is 5.54 Å². The highest BCUT2D eigenvalue weighted by Crippen LogP contribution is 2.26. The SMILES string of the molecule is Cn1ncc2cc(-c3ccc(C(C)(C)N)cc3)ccc21. The molecule has 0 saturated heterocycles. The fourth-order valence-electron chi connectivity index (χ4n) is 2.44. The molecule has 0 saturated carbocycles. The Morgan fingerprint density at radius 1 is 1.00 bits per heavy atom. The number of nitrogens with zero attached hydrogens (tertiary/aromatic N) is 2. The zero-order valence-electron chi connectivity index (χ0n) is 12.1. The van der Waals surface area contributed by atoms with Gasteiger partial charge in [0.05, 0.1) is 11.7 Å². The molecule has 0 aliphatic heterocycles. The molecule has 3 aromatic rings. The lowest BCUT2D eigenvalue weighted by Crippen LogP contribution is -2.28. The minimum absolute atomic E-state index is 0.300. The lowest BCUT2D eigenvalue weighted by atomic mass is 9.93. The number of rotatable bonds is 2. The quantitative estimate of drug-likeness (QED) is 0.771. The lowest BCUT2D eigenvalue weighted by Gasteiger charge is -2.19. The van der Waals surface area contributed by atoms with Gasteiger partial charge in [-0.15, -0.1) is 0 Å². The first kappa shape index (κ1) is 12.9. The van der Waals surface area contributed by atoms with Crippen molar-refractivity contribution in [3.05, 3.63) is 54.2 Å². The second-order valence-corrected chi connectivity index (χ2v) is 5.84. The minimum atomic E-state index is -0.300. The van der Waals surface area contributed by atoms with E-state index in [1.807, 2.05) is 31.8 Å². The summed E-state index contributed by atoms with van der Waals surface area (Å²) in [4.78, 5) is 0. The number of aryl methyl sites for hydroxylation is 1. The molecule has 0 aliphatic rings. The number of hydrogen-bond acceptors (Lipinski definition) is 2. The van der Waals surface area contributed by atoms with Crippen LogP contribution in [0.2, 0.25) is 0 Å². The van der Waals surface area contributed by atoms with E-state index in [1.165, 1.54) is 11.1 Å². The average molecular weight is 265 g/mol. The molecule has 3 nitrogen and oxygen atoms in total. The van der Waals surface area contributed by atoms with Crippen molar-refractivity contribution in [2.45, 2.75) is 19.4 Å². The van der Waals surface area contributed by atoms with Crippen LogP contribution < -0.4 is 5.73 Å². The molecule has 1 aromatic heterocycles. The van der Waals surface area contributed by atoms with E-state index in [2.05, 4.69) is 47.6 Å². The summed E-state index contributed by atoms with van der Waals surface area (Å²) in [6, 6.07) is 14.9. The van der Waals surface area contributed by atoms with Gasteiger partial charge >= 0.3 is 0 Å². The van der Waals surface area contributed by atoms with Crippen molar-refractivity contribution in [2.75, 3.05) is 0 Å². The molecule has 0 unspecified atom stereocenters. The Morgan fingerprint density at radius 3 is 2.30 bits per heavy atom. The Hall–Kier alpha value is -2.13. The second kappa shape index (κ2) is 4.46. The van der Waals surface area contributed by atoms with Crippen molar-refractivity contribution in [2.24, 2.45) is 12.8 Å². The molecule has 102 valence electrons. The van der Waals surface area contributed by atoms with Gasteiger partial charge in [-0.1, -0.05) is 30.3 Å². The van der Waals surface area contributed by atoms with E-state index in [0.717, 1.165) is 16.5 Å². The molecule has 1 heterocycles. The molecule has 20 heavy (non-hydrogen) atoms. The summed E-state index contributed by atoms with van der Waals surface area (Å²) < 4.78 is 1.89. The van der Waals surface area contributed by atoms with E-state index in [1.54, 1.807) is 0 Å². The van der Waals surface area contributed by atoms with Gasteiger partial charge in [0, 0.05) is 18.0 Å². The smallest absolute Gasteiger partial charge is 0.0679 e. The molecule has 0 aliphatic carbocycles. The summed E-state index contributed by atoms with van der Waals surface area (Å²) >= 11 is 0. The van der Waals surface area contributed by atoms with Crippen LogP contribution in [0.4, 0.5) is 0 Å². The summed E-state index contributed by atoms with van der Waals surface area (Å²) in [6.07, 6.45) is 1.90. The van der Waals surface area contributed by atoms with Crippen LogP contribution in [-0.2, 0) is 12.6 Å². The molecule has 2 N–H and O–H groups in total. The Morgan fingerprint density at radius 2 is 1.65 bits per heavy atom. The zero-order chi connectivity index (χ0) is 14.3. The van der Waals surface area contributed by atoms with Crippen molar-refractivity contribution >= 4 is 10.9 Å². The predicted molar refractivity (Wildman–Crippen MR) is 83.4 cm³/mol. The predicted octanol–water partition coefficient (Wildman–Crippen LogP) is 3.43. The van der Waals surface area contributed by atoms with Gasteiger partial charge in [0.1, 0.15) is 0 Å². The highest BCUT2D eigenvalue weighted by Gasteiger charge is 2.13. The van der Waals surface area contributed by atoms with Gasteiger partial charge in [-0.25, -0.2) is 0 Å². The first-order valence-corrected chi connectivity index (χ1v) is 6.77. The molecule has 0 spiro atoms. The molecule has 3 rings (SSSR count). The fourth-order valence-corrected chi connectivity index (χ4v) is 2.44. The van der Waals surface area contributed by atoms with Crippen LogP contribution in [-0.4, -0.2) is 9.78 Å². The molecule has 2 aromatic carbocycles. The molecular formula is C17H19N3. The third-order valence-electron chi connectivity index (χ3n) is 3.71. The largest absolute Gasteiger partial charge is 0.322 e. The number of fused-ring (bicyclic) bond motifs is 1. The molecule has 0 atom stereocenters. The molecule has 0 bridgehead atoms. The van der Waals surface area contributed by atoms with Crippen LogP contribution in [0.15, 0.2) is 48.7 Å². The maximum absolute atomic E-state index is 6.11. The van der Waals surface area contributed by atoms with Crippen LogP contribution in [0, 0.1) is 0 Å². The summed E-state index contributed by atoms with van der Waals surface area (Å²) in [5, 5.41) is 5.44. The Bertz CT molecular complexity index is 746.